The Balaban J connectivity index is 4.37. The maximum absolute atomic E-state index is 3.92. The van der Waals surface area contributed by atoms with E-state index in [1.807, 2.05) is 19.9 Å². The van der Waals surface area contributed by atoms with Crippen LogP contribution >= 0.6 is 11.8 Å². The molecule has 11 heavy (non-hydrogen) atoms. The van der Waals surface area contributed by atoms with E-state index >= 15 is 0 Å². The maximum Gasteiger partial charge on any atom is 0.0712 e. The first-order chi connectivity index (χ1) is 5.29. The summed E-state index contributed by atoms with van der Waals surface area (Å²) in [4.78, 5) is 5.13. The van der Waals surface area contributed by atoms with Gasteiger partial charge in [0.2, 0.25) is 0 Å². The molecule has 0 atom stereocenters. The Morgan fingerprint density at radius 2 is 2.09 bits per heavy atom. The molecule has 0 amide bonds. The Bertz CT molecular complexity index is 180. The molecule has 0 aromatic heterocycles. The number of aliphatic imine (C=N–C) groups is 1. The summed E-state index contributed by atoms with van der Waals surface area (Å²) in [5.74, 6) is 1.08. The van der Waals surface area contributed by atoms with E-state index in [0.29, 0.717) is 0 Å². The molecular formula is C9H15NS. The number of rotatable bonds is 4. The van der Waals surface area contributed by atoms with Gasteiger partial charge in [-0.15, -0.1) is 11.8 Å². The molecule has 0 aliphatic rings. The molecule has 0 saturated carbocycles. The first-order valence-corrected chi connectivity index (χ1v) is 4.71. The fraction of sp³-hybridized carbons (Fsp3) is 0.444. The van der Waals surface area contributed by atoms with E-state index in [4.69, 9.17) is 0 Å². The summed E-state index contributed by atoms with van der Waals surface area (Å²) in [5.41, 5.74) is 0.986. The predicted octanol–water partition coefficient (Wildman–Crippen LogP) is 3.25. The van der Waals surface area contributed by atoms with Gasteiger partial charge in [0.1, 0.15) is 0 Å². The smallest absolute Gasteiger partial charge is 0.0712 e. The van der Waals surface area contributed by atoms with Crippen LogP contribution in [0.1, 0.15) is 20.8 Å². The molecule has 0 spiro atoms. The highest BCUT2D eigenvalue weighted by Crippen LogP contribution is 2.23. The van der Waals surface area contributed by atoms with Crippen molar-refractivity contribution in [3.63, 3.8) is 0 Å². The van der Waals surface area contributed by atoms with E-state index in [-0.39, 0.29) is 0 Å². The van der Waals surface area contributed by atoms with Crippen molar-refractivity contribution < 1.29 is 0 Å². The summed E-state index contributed by atoms with van der Waals surface area (Å²) < 4.78 is 0. The number of thioether (sulfide) groups is 1. The van der Waals surface area contributed by atoms with Crippen LogP contribution in [0.2, 0.25) is 0 Å². The predicted molar refractivity (Wildman–Crippen MR) is 55.2 cm³/mol. The maximum atomic E-state index is 3.92. The molecule has 0 aliphatic heterocycles. The molecule has 0 aromatic rings. The minimum absolute atomic E-state index is 0.986. The Hall–Kier alpha value is -0.500. The fourth-order valence-electron chi connectivity index (χ4n) is 0.772. The second-order valence-corrected chi connectivity index (χ2v) is 3.22. The van der Waals surface area contributed by atoms with Crippen molar-refractivity contribution in [2.24, 2.45) is 4.99 Å². The van der Waals surface area contributed by atoms with Crippen LogP contribution in [-0.4, -0.2) is 12.5 Å². The van der Waals surface area contributed by atoms with E-state index in [1.54, 1.807) is 11.8 Å². The Morgan fingerprint density at radius 1 is 1.45 bits per heavy atom. The molecule has 0 heterocycles. The molecule has 62 valence electrons. The third-order valence-electron chi connectivity index (χ3n) is 1.26. The monoisotopic (exact) mass is 169 g/mol. The summed E-state index contributed by atoms with van der Waals surface area (Å²) in [5, 5.41) is 0. The molecule has 2 heteroatoms. The van der Waals surface area contributed by atoms with Crippen molar-refractivity contribution in [1.29, 1.82) is 0 Å². The van der Waals surface area contributed by atoms with Crippen LogP contribution in [-0.2, 0) is 0 Å². The third-order valence-corrected chi connectivity index (χ3v) is 2.30. The second kappa shape index (κ2) is 6.23. The van der Waals surface area contributed by atoms with Crippen molar-refractivity contribution in [2.75, 3.05) is 5.75 Å². The quantitative estimate of drug-likeness (QED) is 0.465. The first kappa shape index (κ1) is 10.5. The standard InChI is InChI=1S/C9H15NS/c1-5-8(10-4)9(6-2)11-7-3/h5-6H,4,7H2,1-3H3/b8-5+,9-6+. The molecule has 0 N–H and O–H groups in total. The molecule has 0 bridgehead atoms. The average Bonchev–Trinajstić information content (AvgIpc) is 2.05. The molecule has 0 aliphatic carbocycles. The molecule has 0 rings (SSSR count). The summed E-state index contributed by atoms with van der Waals surface area (Å²) >= 11 is 1.79. The lowest BCUT2D eigenvalue weighted by Crippen LogP contribution is -1.81. The highest BCUT2D eigenvalue weighted by molar-refractivity contribution is 8.03. The topological polar surface area (TPSA) is 12.4 Å². The molecule has 0 aromatic carbocycles. The lowest BCUT2D eigenvalue weighted by molar-refractivity contribution is 1.37. The van der Waals surface area contributed by atoms with Crippen LogP contribution in [0, 0.1) is 0 Å². The highest BCUT2D eigenvalue weighted by Gasteiger charge is 1.98. The van der Waals surface area contributed by atoms with Gasteiger partial charge in [0.15, 0.2) is 0 Å². The van der Waals surface area contributed by atoms with Gasteiger partial charge in [0.05, 0.1) is 5.70 Å². The van der Waals surface area contributed by atoms with Crippen LogP contribution in [0.5, 0.6) is 0 Å². The van der Waals surface area contributed by atoms with Crippen molar-refractivity contribution in [3.05, 3.63) is 22.8 Å². The molecule has 0 fully saturated rings. The Morgan fingerprint density at radius 3 is 2.36 bits per heavy atom. The number of hydrogen-bond acceptors (Lipinski definition) is 2. The molecule has 1 nitrogen and oxygen atoms in total. The fourth-order valence-corrected chi connectivity index (χ4v) is 1.58. The second-order valence-electron chi connectivity index (χ2n) is 1.92. The first-order valence-electron chi connectivity index (χ1n) is 3.72. The van der Waals surface area contributed by atoms with Gasteiger partial charge in [-0.3, -0.25) is 4.99 Å². The van der Waals surface area contributed by atoms with E-state index < -0.39 is 0 Å². The van der Waals surface area contributed by atoms with E-state index in [9.17, 15) is 0 Å². The van der Waals surface area contributed by atoms with Crippen molar-refractivity contribution in [1.82, 2.24) is 0 Å². The van der Waals surface area contributed by atoms with E-state index in [0.717, 1.165) is 11.4 Å². The van der Waals surface area contributed by atoms with E-state index in [1.165, 1.54) is 4.91 Å². The van der Waals surface area contributed by atoms with Gasteiger partial charge in [-0.25, -0.2) is 0 Å². The van der Waals surface area contributed by atoms with Crippen molar-refractivity contribution in [3.8, 4) is 0 Å². The minimum atomic E-state index is 0.986. The lowest BCUT2D eigenvalue weighted by Gasteiger charge is -2.03. The van der Waals surface area contributed by atoms with Crippen molar-refractivity contribution in [2.45, 2.75) is 20.8 Å². The van der Waals surface area contributed by atoms with Crippen LogP contribution in [0.4, 0.5) is 0 Å². The van der Waals surface area contributed by atoms with Gasteiger partial charge in [-0.05, 0) is 26.3 Å². The van der Waals surface area contributed by atoms with Gasteiger partial charge in [-0.1, -0.05) is 19.1 Å². The molecule has 0 unspecified atom stereocenters. The lowest BCUT2D eigenvalue weighted by atomic mass is 10.4. The summed E-state index contributed by atoms with van der Waals surface area (Å²) in [6.45, 7) is 9.64. The SMILES string of the molecule is C=NC(=C/C)/C(=C\C)SCC. The molecular weight excluding hydrogens is 154 g/mol. The number of allylic oxidation sites excluding steroid dienone is 2. The van der Waals surface area contributed by atoms with Crippen LogP contribution in [0.25, 0.3) is 0 Å². The van der Waals surface area contributed by atoms with E-state index in [2.05, 4.69) is 24.7 Å². The van der Waals surface area contributed by atoms with Gasteiger partial charge in [0, 0.05) is 4.91 Å². The van der Waals surface area contributed by atoms with Crippen LogP contribution in [0.15, 0.2) is 27.7 Å². The Labute approximate surface area is 73.3 Å². The molecule has 0 saturated heterocycles. The Kier molecular flexibility index (Phi) is 5.94. The normalized spacial score (nSPS) is 13.4. The zero-order valence-electron chi connectivity index (χ0n) is 7.42. The highest BCUT2D eigenvalue weighted by atomic mass is 32.2. The summed E-state index contributed by atoms with van der Waals surface area (Å²) in [6.07, 6.45) is 4.04. The number of hydrogen-bond donors (Lipinski definition) is 0. The minimum Gasteiger partial charge on any atom is -0.264 e. The van der Waals surface area contributed by atoms with Gasteiger partial charge >= 0.3 is 0 Å². The van der Waals surface area contributed by atoms with Crippen LogP contribution in [0.3, 0.4) is 0 Å². The van der Waals surface area contributed by atoms with Gasteiger partial charge in [0.25, 0.3) is 0 Å². The summed E-state index contributed by atoms with van der Waals surface area (Å²) in [7, 11) is 0. The zero-order valence-corrected chi connectivity index (χ0v) is 8.24. The molecule has 0 radical (unpaired) electrons. The average molecular weight is 169 g/mol. The number of nitrogens with zero attached hydrogens (tertiary/aromatic N) is 1. The largest absolute Gasteiger partial charge is 0.264 e. The zero-order chi connectivity index (χ0) is 8.69. The van der Waals surface area contributed by atoms with Crippen molar-refractivity contribution >= 4 is 18.5 Å². The third kappa shape index (κ3) is 3.42. The van der Waals surface area contributed by atoms with Gasteiger partial charge < -0.3 is 0 Å². The van der Waals surface area contributed by atoms with Gasteiger partial charge in [-0.2, -0.15) is 0 Å². The summed E-state index contributed by atoms with van der Waals surface area (Å²) in [6, 6.07) is 0. The van der Waals surface area contributed by atoms with Crippen LogP contribution < -0.4 is 0 Å².